The Labute approximate surface area is 213 Å². The first-order chi connectivity index (χ1) is 16.9. The maximum absolute atomic E-state index is 15.3. The van der Waals surface area contributed by atoms with Crippen molar-refractivity contribution in [1.82, 2.24) is 9.97 Å². The molecule has 0 radical (unpaired) electrons. The van der Waals surface area contributed by atoms with Gasteiger partial charge in [0.1, 0.15) is 18.0 Å². The second-order valence-corrected chi connectivity index (χ2v) is 15.9. The summed E-state index contributed by atoms with van der Waals surface area (Å²) >= 11 is 0. The van der Waals surface area contributed by atoms with Crippen LogP contribution in [-0.4, -0.2) is 55.3 Å². The van der Waals surface area contributed by atoms with Crippen molar-refractivity contribution >= 4 is 25.9 Å². The lowest BCUT2D eigenvalue weighted by atomic mass is 9.92. The highest BCUT2D eigenvalue weighted by molar-refractivity contribution is 6.74. The lowest BCUT2D eigenvalue weighted by molar-refractivity contribution is -0.159. The van der Waals surface area contributed by atoms with Crippen molar-refractivity contribution < 1.29 is 23.2 Å². The van der Waals surface area contributed by atoms with Crippen LogP contribution in [0.2, 0.25) is 18.1 Å². The summed E-state index contributed by atoms with van der Waals surface area (Å²) in [5, 5.41) is 4.26. The average Bonchev–Trinajstić information content (AvgIpc) is 2.75. The molecule has 0 amide bonds. The number of rotatable bonds is 8. The summed E-state index contributed by atoms with van der Waals surface area (Å²) in [5.41, 5.74) is 2.52. The van der Waals surface area contributed by atoms with E-state index in [-0.39, 0.29) is 35.6 Å². The summed E-state index contributed by atoms with van der Waals surface area (Å²) < 4.78 is 26.6. The van der Waals surface area contributed by atoms with Crippen LogP contribution < -0.4 is 4.90 Å². The van der Waals surface area contributed by atoms with Crippen LogP contribution in [0.3, 0.4) is 0 Å². The third-order valence-corrected chi connectivity index (χ3v) is 11.6. The van der Waals surface area contributed by atoms with Gasteiger partial charge >= 0.3 is 5.97 Å². The number of benzene rings is 1. The Morgan fingerprint density at radius 3 is 2.44 bits per heavy atom. The molecule has 2 heterocycles. The van der Waals surface area contributed by atoms with E-state index in [9.17, 15) is 4.79 Å². The molecule has 36 heavy (non-hydrogen) atoms. The maximum atomic E-state index is 15.3. The van der Waals surface area contributed by atoms with Crippen LogP contribution in [-0.2, 0) is 25.4 Å². The molecule has 2 fully saturated rings. The molecule has 194 valence electrons. The summed E-state index contributed by atoms with van der Waals surface area (Å²) in [5.74, 6) is 0.000575. The molecule has 2 aromatic rings. The van der Waals surface area contributed by atoms with E-state index in [1.165, 1.54) is 6.92 Å². The molecule has 1 saturated carbocycles. The fraction of sp³-hybridized carbons (Fsp3) is 0.538. The van der Waals surface area contributed by atoms with Crippen molar-refractivity contribution in [3.05, 3.63) is 42.0 Å². The smallest absolute Gasteiger partial charge is 0.302 e. The molecule has 1 saturated heterocycles. The van der Waals surface area contributed by atoms with Gasteiger partial charge in [-0.3, -0.25) is 4.79 Å². The quantitative estimate of drug-likeness (QED) is 0.275. The SMILES string of the molecule is CC(=O)OC1CC(ON=C2CN(c3ncc(-c4cccc(CO[Si](C)(C)C(C)(C)C)c4F)cn3)C2)C1. The van der Waals surface area contributed by atoms with Crippen LogP contribution in [0.25, 0.3) is 11.1 Å². The topological polar surface area (TPSA) is 86.1 Å². The molecule has 0 bridgehead atoms. The normalized spacial score (nSPS) is 19.9. The molecular formula is C26H35FN4O4Si. The highest BCUT2D eigenvalue weighted by Gasteiger charge is 2.37. The second kappa shape index (κ2) is 10.3. The summed E-state index contributed by atoms with van der Waals surface area (Å²) in [6.07, 6.45) is 4.57. The van der Waals surface area contributed by atoms with Gasteiger partial charge in [0.15, 0.2) is 8.32 Å². The van der Waals surface area contributed by atoms with Gasteiger partial charge in [-0.1, -0.05) is 44.1 Å². The van der Waals surface area contributed by atoms with Crippen LogP contribution in [0, 0.1) is 5.82 Å². The molecule has 0 atom stereocenters. The van der Waals surface area contributed by atoms with Gasteiger partial charge in [-0.05, 0) is 18.1 Å². The molecule has 2 aliphatic rings. The number of hydrogen-bond acceptors (Lipinski definition) is 8. The van der Waals surface area contributed by atoms with E-state index in [0.717, 1.165) is 5.71 Å². The maximum Gasteiger partial charge on any atom is 0.302 e. The van der Waals surface area contributed by atoms with Crippen LogP contribution in [0.5, 0.6) is 0 Å². The Balaban J connectivity index is 1.31. The third kappa shape index (κ3) is 5.92. The van der Waals surface area contributed by atoms with E-state index in [1.54, 1.807) is 24.5 Å². The van der Waals surface area contributed by atoms with Crippen molar-refractivity contribution in [2.24, 2.45) is 5.16 Å². The number of carbonyl (C=O) groups excluding carboxylic acids is 1. The fourth-order valence-electron chi connectivity index (χ4n) is 3.69. The predicted molar refractivity (Wildman–Crippen MR) is 139 cm³/mol. The van der Waals surface area contributed by atoms with Gasteiger partial charge in [-0.15, -0.1) is 0 Å². The zero-order valence-corrected chi connectivity index (χ0v) is 22.9. The highest BCUT2D eigenvalue weighted by Crippen LogP contribution is 2.37. The molecule has 1 aliphatic carbocycles. The summed E-state index contributed by atoms with van der Waals surface area (Å²) in [7, 11) is -1.98. The van der Waals surface area contributed by atoms with Gasteiger partial charge in [-0.25, -0.2) is 14.4 Å². The van der Waals surface area contributed by atoms with Crippen LogP contribution in [0.1, 0.15) is 46.1 Å². The molecule has 1 aliphatic heterocycles. The van der Waals surface area contributed by atoms with E-state index >= 15 is 4.39 Å². The van der Waals surface area contributed by atoms with Gasteiger partial charge < -0.3 is 18.9 Å². The zero-order valence-electron chi connectivity index (χ0n) is 21.9. The van der Waals surface area contributed by atoms with Crippen molar-refractivity contribution in [3.63, 3.8) is 0 Å². The minimum atomic E-state index is -1.98. The number of hydrogen-bond donors (Lipinski definition) is 0. The Morgan fingerprint density at radius 2 is 1.83 bits per heavy atom. The van der Waals surface area contributed by atoms with Gasteiger partial charge in [0.25, 0.3) is 0 Å². The second-order valence-electron chi connectivity index (χ2n) is 11.0. The lowest BCUT2D eigenvalue weighted by Crippen LogP contribution is -2.49. The lowest BCUT2D eigenvalue weighted by Gasteiger charge is -2.36. The van der Waals surface area contributed by atoms with Crippen molar-refractivity contribution in [2.75, 3.05) is 18.0 Å². The summed E-state index contributed by atoms with van der Waals surface area (Å²) in [6.45, 7) is 13.6. The van der Waals surface area contributed by atoms with Gasteiger partial charge in [-0.2, -0.15) is 0 Å². The molecule has 1 aromatic heterocycles. The van der Waals surface area contributed by atoms with Crippen LogP contribution in [0.15, 0.2) is 35.7 Å². The number of aromatic nitrogens is 2. The monoisotopic (exact) mass is 514 g/mol. The van der Waals surface area contributed by atoms with E-state index in [0.29, 0.717) is 48.6 Å². The number of carbonyl (C=O) groups is 1. The van der Waals surface area contributed by atoms with E-state index < -0.39 is 8.32 Å². The summed E-state index contributed by atoms with van der Waals surface area (Å²) in [4.78, 5) is 27.3. The number of ether oxygens (including phenoxy) is 1. The number of halogens is 1. The number of anilines is 1. The first kappa shape index (κ1) is 26.2. The Morgan fingerprint density at radius 1 is 1.17 bits per heavy atom. The van der Waals surface area contributed by atoms with Gasteiger partial charge in [0.2, 0.25) is 5.95 Å². The first-order valence-electron chi connectivity index (χ1n) is 12.3. The van der Waals surface area contributed by atoms with Gasteiger partial charge in [0, 0.05) is 48.8 Å². The Hall–Kier alpha value is -2.85. The predicted octanol–water partition coefficient (Wildman–Crippen LogP) is 5.09. The largest absolute Gasteiger partial charge is 0.462 e. The standard InChI is InChI=1S/C26H35FN4O4Si/c1-17(32)34-21-10-22(11-21)35-30-20-14-31(15-20)25-28-12-19(13-29-25)23-9-7-8-18(24(23)27)16-33-36(5,6)26(2,3)4/h7-9,12-13,21-22H,10-11,14-16H2,1-6H3. The van der Waals surface area contributed by atoms with Crippen LogP contribution >= 0.6 is 0 Å². The molecule has 4 rings (SSSR count). The average molecular weight is 515 g/mol. The highest BCUT2D eigenvalue weighted by atomic mass is 28.4. The zero-order chi connectivity index (χ0) is 26.1. The van der Waals surface area contributed by atoms with Crippen molar-refractivity contribution in [1.29, 1.82) is 0 Å². The first-order valence-corrected chi connectivity index (χ1v) is 15.2. The molecular weight excluding hydrogens is 479 g/mol. The molecule has 8 nitrogen and oxygen atoms in total. The number of nitrogens with zero attached hydrogens (tertiary/aromatic N) is 4. The third-order valence-electron chi connectivity index (χ3n) is 7.17. The number of esters is 1. The molecule has 1 aromatic carbocycles. The number of oxime groups is 1. The molecule has 0 spiro atoms. The minimum Gasteiger partial charge on any atom is -0.462 e. The van der Waals surface area contributed by atoms with E-state index in [4.69, 9.17) is 14.0 Å². The molecule has 0 N–H and O–H groups in total. The van der Waals surface area contributed by atoms with Gasteiger partial charge in [0.05, 0.1) is 25.4 Å². The molecule has 10 heteroatoms. The molecule has 0 unspecified atom stereocenters. The van der Waals surface area contributed by atoms with Crippen molar-refractivity contribution in [3.8, 4) is 11.1 Å². The van der Waals surface area contributed by atoms with E-state index in [2.05, 4.69) is 49.0 Å². The van der Waals surface area contributed by atoms with Crippen LogP contribution in [0.4, 0.5) is 10.3 Å². The van der Waals surface area contributed by atoms with Crippen molar-refractivity contribution in [2.45, 2.75) is 77.5 Å². The fourth-order valence-corrected chi connectivity index (χ4v) is 4.64. The Kier molecular flexibility index (Phi) is 7.47. The van der Waals surface area contributed by atoms with E-state index in [1.807, 2.05) is 11.0 Å². The summed E-state index contributed by atoms with van der Waals surface area (Å²) in [6, 6.07) is 5.34. The Bertz CT molecular complexity index is 1120. The minimum absolute atomic E-state index is 0.00984.